The Labute approximate surface area is 179 Å². The number of carbonyl (C=O) groups excluding carboxylic acids is 1. The third kappa shape index (κ3) is 5.61. The van der Waals surface area contributed by atoms with Crippen LogP contribution in [0.15, 0.2) is 40.9 Å². The summed E-state index contributed by atoms with van der Waals surface area (Å²) in [6, 6.07) is 10.2. The predicted molar refractivity (Wildman–Crippen MR) is 119 cm³/mol. The van der Waals surface area contributed by atoms with E-state index in [4.69, 9.17) is 10.5 Å². The number of aromatic nitrogens is 3. The minimum Gasteiger partial charge on any atom is -0.493 e. The Morgan fingerprint density at radius 1 is 1.31 bits per heavy atom. The van der Waals surface area contributed by atoms with Gasteiger partial charge in [0.15, 0.2) is 11.0 Å². The molecule has 8 heteroatoms. The Morgan fingerprint density at radius 3 is 2.79 bits per heavy atom. The molecule has 2 aromatic heterocycles. The van der Waals surface area contributed by atoms with Gasteiger partial charge in [-0.15, -0.1) is 21.5 Å². The van der Waals surface area contributed by atoms with Gasteiger partial charge in [-0.2, -0.15) is 0 Å². The molecule has 1 amide bonds. The molecule has 154 valence electrons. The zero-order valence-corrected chi connectivity index (χ0v) is 18.6. The highest BCUT2D eigenvalue weighted by molar-refractivity contribution is 7.99. The molecule has 1 aromatic carbocycles. The number of thioether (sulfide) groups is 1. The number of thiophene rings is 1. The number of amides is 1. The lowest BCUT2D eigenvalue weighted by Crippen LogP contribution is -2.15. The number of hydrogen-bond acceptors (Lipinski definition) is 6. The van der Waals surface area contributed by atoms with Crippen LogP contribution < -0.4 is 10.5 Å². The lowest BCUT2D eigenvalue weighted by atomic mass is 9.98. The summed E-state index contributed by atoms with van der Waals surface area (Å²) >= 11 is 3.16. The van der Waals surface area contributed by atoms with Crippen LogP contribution in [0.25, 0.3) is 10.7 Å². The van der Waals surface area contributed by atoms with Gasteiger partial charge in [0.1, 0.15) is 5.75 Å². The van der Waals surface area contributed by atoms with Gasteiger partial charge in [-0.1, -0.05) is 37.7 Å². The van der Waals surface area contributed by atoms with Crippen molar-refractivity contribution in [2.24, 2.45) is 5.73 Å². The fourth-order valence-corrected chi connectivity index (χ4v) is 4.58. The molecule has 0 saturated heterocycles. The molecule has 2 N–H and O–H groups in total. The highest BCUT2D eigenvalue weighted by Crippen LogP contribution is 2.28. The van der Waals surface area contributed by atoms with E-state index in [-0.39, 0.29) is 12.3 Å². The summed E-state index contributed by atoms with van der Waals surface area (Å²) in [4.78, 5) is 12.3. The van der Waals surface area contributed by atoms with Gasteiger partial charge < -0.3 is 15.0 Å². The van der Waals surface area contributed by atoms with Gasteiger partial charge in [-0.25, -0.2) is 0 Å². The van der Waals surface area contributed by atoms with E-state index in [1.165, 1.54) is 11.1 Å². The van der Waals surface area contributed by atoms with E-state index in [9.17, 15) is 4.79 Å². The molecule has 0 aliphatic carbocycles. The van der Waals surface area contributed by atoms with Gasteiger partial charge in [-0.3, -0.25) is 4.79 Å². The summed E-state index contributed by atoms with van der Waals surface area (Å²) in [5.41, 5.74) is 7.93. The van der Waals surface area contributed by atoms with Gasteiger partial charge in [0.2, 0.25) is 5.91 Å². The number of hydrogen-bond donors (Lipinski definition) is 1. The topological polar surface area (TPSA) is 83.0 Å². The molecule has 0 bridgehead atoms. The Hall–Kier alpha value is -2.32. The predicted octanol–water partition coefficient (Wildman–Crippen LogP) is 4.48. The Morgan fingerprint density at radius 2 is 2.14 bits per heavy atom. The van der Waals surface area contributed by atoms with Gasteiger partial charge in [0.05, 0.1) is 11.5 Å². The lowest BCUT2D eigenvalue weighted by molar-refractivity contribution is -0.118. The highest BCUT2D eigenvalue weighted by Gasteiger charge is 2.15. The van der Waals surface area contributed by atoms with E-state index < -0.39 is 0 Å². The minimum absolute atomic E-state index is 0.252. The normalized spacial score (nSPS) is 11.2. The monoisotopic (exact) mass is 430 g/mol. The van der Waals surface area contributed by atoms with E-state index in [0.29, 0.717) is 19.1 Å². The molecule has 3 aromatic rings. The van der Waals surface area contributed by atoms with Gasteiger partial charge in [-0.05, 0) is 47.5 Å². The summed E-state index contributed by atoms with van der Waals surface area (Å²) in [6.07, 6.45) is 0.252. The smallest absolute Gasteiger partial charge is 0.219 e. The van der Waals surface area contributed by atoms with Crippen LogP contribution in [0.1, 0.15) is 37.3 Å². The first-order valence-electron chi connectivity index (χ1n) is 9.57. The van der Waals surface area contributed by atoms with Crippen LogP contribution in [0, 0.1) is 6.92 Å². The molecule has 0 atom stereocenters. The van der Waals surface area contributed by atoms with Crippen molar-refractivity contribution in [1.29, 1.82) is 0 Å². The maximum absolute atomic E-state index is 11.3. The van der Waals surface area contributed by atoms with Gasteiger partial charge in [0.25, 0.3) is 0 Å². The fraction of sp³-hybridized carbons (Fsp3) is 0.381. The van der Waals surface area contributed by atoms with E-state index >= 15 is 0 Å². The van der Waals surface area contributed by atoms with E-state index in [1.54, 1.807) is 23.1 Å². The van der Waals surface area contributed by atoms with Gasteiger partial charge >= 0.3 is 0 Å². The molecule has 29 heavy (non-hydrogen) atoms. The molecule has 0 aliphatic rings. The number of nitrogens with zero attached hydrogens (tertiary/aromatic N) is 3. The van der Waals surface area contributed by atoms with Crippen molar-refractivity contribution < 1.29 is 9.53 Å². The Kier molecular flexibility index (Phi) is 7.33. The number of ether oxygens (including phenoxy) is 1. The second-order valence-electron chi connectivity index (χ2n) is 7.02. The first-order valence-corrected chi connectivity index (χ1v) is 11.4. The Bertz CT molecular complexity index is 952. The fourth-order valence-electron chi connectivity index (χ4n) is 3.09. The van der Waals surface area contributed by atoms with Crippen molar-refractivity contribution in [3.63, 3.8) is 0 Å². The molecule has 0 unspecified atom stereocenters. The largest absolute Gasteiger partial charge is 0.493 e. The van der Waals surface area contributed by atoms with Crippen molar-refractivity contribution in [3.05, 3.63) is 46.8 Å². The number of benzene rings is 1. The highest BCUT2D eigenvalue weighted by atomic mass is 32.2. The molecular formula is C21H26N4O2S2. The van der Waals surface area contributed by atoms with Gasteiger partial charge in [0, 0.05) is 18.7 Å². The maximum Gasteiger partial charge on any atom is 0.219 e. The zero-order valence-electron chi connectivity index (χ0n) is 16.9. The zero-order chi connectivity index (χ0) is 20.8. The lowest BCUT2D eigenvalue weighted by Gasteiger charge is -2.12. The third-order valence-electron chi connectivity index (χ3n) is 4.49. The van der Waals surface area contributed by atoms with Crippen molar-refractivity contribution in [1.82, 2.24) is 14.8 Å². The van der Waals surface area contributed by atoms with Crippen LogP contribution in [0.4, 0.5) is 0 Å². The maximum atomic E-state index is 11.3. The second-order valence-corrected chi connectivity index (χ2v) is 9.03. The van der Waals surface area contributed by atoms with E-state index in [2.05, 4.69) is 43.1 Å². The molecule has 0 saturated carbocycles. The standard InChI is InChI=1S/C21H26N4O2S2/c1-14(2)17-7-6-16(13-15(17)3)27-10-12-29-21-24-23-20(18-5-4-11-28-18)25(21)9-8-19(22)26/h4-7,11,13-14H,8-10,12H2,1-3H3,(H2,22,26). The van der Waals surface area contributed by atoms with Crippen LogP contribution in [0.3, 0.4) is 0 Å². The molecule has 0 spiro atoms. The molecule has 3 rings (SSSR count). The van der Waals surface area contributed by atoms with Crippen LogP contribution in [0.5, 0.6) is 5.75 Å². The van der Waals surface area contributed by atoms with Crippen LogP contribution in [0.2, 0.25) is 0 Å². The van der Waals surface area contributed by atoms with Crippen LogP contribution in [-0.2, 0) is 11.3 Å². The van der Waals surface area contributed by atoms with Crippen molar-refractivity contribution in [2.45, 2.75) is 44.8 Å². The number of carbonyl (C=O) groups is 1. The summed E-state index contributed by atoms with van der Waals surface area (Å²) in [5, 5.41) is 11.4. The van der Waals surface area contributed by atoms with Crippen molar-refractivity contribution in [2.75, 3.05) is 12.4 Å². The summed E-state index contributed by atoms with van der Waals surface area (Å²) in [6.45, 7) is 7.53. The average molecular weight is 431 g/mol. The summed E-state index contributed by atoms with van der Waals surface area (Å²) in [5.74, 6) is 2.54. The number of aryl methyl sites for hydroxylation is 1. The number of nitrogens with two attached hydrogens (primary N) is 1. The van der Waals surface area contributed by atoms with Crippen LogP contribution >= 0.6 is 23.1 Å². The first-order chi connectivity index (χ1) is 14.0. The Balaban J connectivity index is 1.61. The van der Waals surface area contributed by atoms with E-state index in [1.807, 2.05) is 28.1 Å². The molecular weight excluding hydrogens is 404 g/mol. The number of primary amides is 1. The summed E-state index contributed by atoms with van der Waals surface area (Å²) in [7, 11) is 0. The van der Waals surface area contributed by atoms with E-state index in [0.717, 1.165) is 27.4 Å². The number of rotatable bonds is 10. The SMILES string of the molecule is Cc1cc(OCCSc2nnc(-c3cccs3)n2CCC(N)=O)ccc1C(C)C. The van der Waals surface area contributed by atoms with Crippen LogP contribution in [-0.4, -0.2) is 33.0 Å². The minimum atomic E-state index is -0.338. The molecule has 0 radical (unpaired) electrons. The molecule has 0 aliphatic heterocycles. The molecule has 0 fully saturated rings. The third-order valence-corrected chi connectivity index (χ3v) is 6.28. The van der Waals surface area contributed by atoms with Crippen molar-refractivity contribution >= 4 is 29.0 Å². The first kappa shape index (κ1) is 21.4. The second kappa shape index (κ2) is 9.93. The quantitative estimate of drug-likeness (QED) is 0.379. The molecule has 6 nitrogen and oxygen atoms in total. The molecule has 2 heterocycles. The average Bonchev–Trinajstić information content (AvgIpc) is 3.32. The summed E-state index contributed by atoms with van der Waals surface area (Å²) < 4.78 is 7.87. The van der Waals surface area contributed by atoms with Crippen molar-refractivity contribution in [3.8, 4) is 16.5 Å².